The molecule has 0 saturated carbocycles. The zero-order chi connectivity index (χ0) is 16.8. The smallest absolute Gasteiger partial charge is 0.193 e. The third kappa shape index (κ3) is 3.89. The quantitative estimate of drug-likeness (QED) is 0.555. The van der Waals surface area contributed by atoms with E-state index >= 15 is 0 Å². The van der Waals surface area contributed by atoms with Crippen LogP contribution in [-0.2, 0) is 6.54 Å². The maximum atomic E-state index is 5.93. The van der Waals surface area contributed by atoms with Gasteiger partial charge in [0, 0.05) is 11.8 Å². The van der Waals surface area contributed by atoms with Gasteiger partial charge in [-0.05, 0) is 29.8 Å². The molecule has 0 aliphatic heterocycles. The summed E-state index contributed by atoms with van der Waals surface area (Å²) in [6.45, 7) is 0.487. The van der Waals surface area contributed by atoms with Crippen molar-refractivity contribution in [2.24, 2.45) is 10.7 Å². The molecule has 0 bridgehead atoms. The average Bonchev–Trinajstić information content (AvgIpc) is 3.15. The Labute approximate surface area is 139 Å². The van der Waals surface area contributed by atoms with E-state index in [2.05, 4.69) is 20.4 Å². The van der Waals surface area contributed by atoms with Crippen LogP contribution in [0.15, 0.2) is 66.2 Å². The van der Waals surface area contributed by atoms with E-state index in [1.165, 1.54) is 6.33 Å². The molecule has 0 amide bonds. The molecule has 0 radical (unpaired) electrons. The molecule has 0 saturated heterocycles. The highest BCUT2D eigenvalue weighted by Crippen LogP contribution is 2.16. The van der Waals surface area contributed by atoms with Crippen molar-refractivity contribution >= 4 is 11.6 Å². The van der Waals surface area contributed by atoms with Crippen molar-refractivity contribution in [2.75, 3.05) is 12.4 Å². The SMILES string of the molecule is COc1cccc(NC(N)=NCc2ccc(-n3cncn3)cc2)c1. The Morgan fingerprint density at radius 2 is 2.08 bits per heavy atom. The molecule has 24 heavy (non-hydrogen) atoms. The fourth-order valence-electron chi connectivity index (χ4n) is 2.16. The van der Waals surface area contributed by atoms with Crippen LogP contribution in [0.3, 0.4) is 0 Å². The maximum Gasteiger partial charge on any atom is 0.193 e. The average molecular weight is 322 g/mol. The van der Waals surface area contributed by atoms with E-state index in [9.17, 15) is 0 Å². The van der Waals surface area contributed by atoms with Gasteiger partial charge in [-0.25, -0.2) is 14.7 Å². The van der Waals surface area contributed by atoms with Crippen LogP contribution in [0.4, 0.5) is 5.69 Å². The molecule has 0 aliphatic rings. The van der Waals surface area contributed by atoms with Crippen molar-refractivity contribution < 1.29 is 4.74 Å². The number of benzene rings is 2. The van der Waals surface area contributed by atoms with Gasteiger partial charge in [-0.1, -0.05) is 18.2 Å². The summed E-state index contributed by atoms with van der Waals surface area (Å²) in [5.74, 6) is 1.11. The molecule has 0 fully saturated rings. The van der Waals surface area contributed by atoms with Crippen molar-refractivity contribution in [2.45, 2.75) is 6.54 Å². The molecule has 1 heterocycles. The van der Waals surface area contributed by atoms with Gasteiger partial charge in [0.15, 0.2) is 5.96 Å². The number of hydrogen-bond donors (Lipinski definition) is 2. The normalized spacial score (nSPS) is 11.3. The summed E-state index contributed by atoms with van der Waals surface area (Å²) in [6, 6.07) is 15.4. The Kier molecular flexibility index (Phi) is 4.71. The number of rotatable bonds is 5. The fourth-order valence-corrected chi connectivity index (χ4v) is 2.16. The predicted molar refractivity (Wildman–Crippen MR) is 93.3 cm³/mol. The maximum absolute atomic E-state index is 5.93. The highest BCUT2D eigenvalue weighted by atomic mass is 16.5. The number of anilines is 1. The van der Waals surface area contributed by atoms with Crippen LogP contribution in [0.2, 0.25) is 0 Å². The van der Waals surface area contributed by atoms with Gasteiger partial charge in [0.05, 0.1) is 19.3 Å². The first kappa shape index (κ1) is 15.5. The zero-order valence-corrected chi connectivity index (χ0v) is 13.3. The van der Waals surface area contributed by atoms with Gasteiger partial charge in [0.2, 0.25) is 0 Å². The molecule has 0 unspecified atom stereocenters. The first-order valence-electron chi connectivity index (χ1n) is 7.39. The van der Waals surface area contributed by atoms with E-state index in [1.807, 2.05) is 48.5 Å². The van der Waals surface area contributed by atoms with Gasteiger partial charge >= 0.3 is 0 Å². The molecule has 0 aliphatic carbocycles. The predicted octanol–water partition coefficient (Wildman–Crippen LogP) is 2.20. The molecule has 7 nitrogen and oxygen atoms in total. The molecule has 0 atom stereocenters. The van der Waals surface area contributed by atoms with Crippen LogP contribution in [0.25, 0.3) is 5.69 Å². The van der Waals surface area contributed by atoms with Crippen LogP contribution in [0.1, 0.15) is 5.56 Å². The Morgan fingerprint density at radius 3 is 2.79 bits per heavy atom. The summed E-state index contributed by atoms with van der Waals surface area (Å²) in [5.41, 5.74) is 8.76. The summed E-state index contributed by atoms with van der Waals surface area (Å²) in [4.78, 5) is 8.27. The number of methoxy groups -OCH3 is 1. The lowest BCUT2D eigenvalue weighted by atomic mass is 10.2. The van der Waals surface area contributed by atoms with Gasteiger partial charge in [0.25, 0.3) is 0 Å². The van der Waals surface area contributed by atoms with Crippen molar-refractivity contribution in [1.29, 1.82) is 0 Å². The van der Waals surface area contributed by atoms with Crippen LogP contribution in [0, 0.1) is 0 Å². The second-order valence-electron chi connectivity index (χ2n) is 5.06. The van der Waals surface area contributed by atoms with E-state index < -0.39 is 0 Å². The number of nitrogens with two attached hydrogens (primary N) is 1. The number of nitrogens with one attached hydrogen (secondary N) is 1. The lowest BCUT2D eigenvalue weighted by Crippen LogP contribution is -2.22. The van der Waals surface area contributed by atoms with E-state index in [0.29, 0.717) is 12.5 Å². The second kappa shape index (κ2) is 7.28. The molecule has 0 spiro atoms. The van der Waals surface area contributed by atoms with Gasteiger partial charge in [0.1, 0.15) is 18.4 Å². The molecule has 3 N–H and O–H groups in total. The third-order valence-corrected chi connectivity index (χ3v) is 3.39. The van der Waals surface area contributed by atoms with Gasteiger partial charge in [-0.15, -0.1) is 0 Å². The topological polar surface area (TPSA) is 90.3 Å². The van der Waals surface area contributed by atoms with Crippen LogP contribution >= 0.6 is 0 Å². The van der Waals surface area contributed by atoms with Crippen molar-refractivity contribution in [3.05, 3.63) is 66.7 Å². The summed E-state index contributed by atoms with van der Waals surface area (Å²) in [5, 5.41) is 7.14. The minimum atomic E-state index is 0.351. The van der Waals surface area contributed by atoms with E-state index in [4.69, 9.17) is 10.5 Å². The second-order valence-corrected chi connectivity index (χ2v) is 5.06. The minimum Gasteiger partial charge on any atom is -0.497 e. The molecule has 2 aromatic carbocycles. The Hall–Kier alpha value is -3.35. The van der Waals surface area contributed by atoms with Crippen LogP contribution in [-0.4, -0.2) is 27.8 Å². The first-order chi connectivity index (χ1) is 11.7. The highest BCUT2D eigenvalue weighted by Gasteiger charge is 1.99. The van der Waals surface area contributed by atoms with Gasteiger partial charge in [-0.2, -0.15) is 5.10 Å². The molecule has 3 rings (SSSR count). The zero-order valence-electron chi connectivity index (χ0n) is 13.3. The first-order valence-corrected chi connectivity index (χ1v) is 7.39. The number of aromatic nitrogens is 3. The fraction of sp³-hybridized carbons (Fsp3) is 0.118. The molecular weight excluding hydrogens is 304 g/mol. The van der Waals surface area contributed by atoms with E-state index in [0.717, 1.165) is 22.7 Å². The number of guanidine groups is 1. The molecule has 7 heteroatoms. The summed E-state index contributed by atoms with van der Waals surface area (Å²) in [7, 11) is 1.62. The van der Waals surface area contributed by atoms with Gasteiger partial charge in [-0.3, -0.25) is 0 Å². The van der Waals surface area contributed by atoms with Crippen molar-refractivity contribution in [3.8, 4) is 11.4 Å². The van der Waals surface area contributed by atoms with Crippen LogP contribution in [0.5, 0.6) is 5.75 Å². The van der Waals surface area contributed by atoms with Crippen molar-refractivity contribution in [1.82, 2.24) is 14.8 Å². The van der Waals surface area contributed by atoms with E-state index in [-0.39, 0.29) is 0 Å². The lowest BCUT2D eigenvalue weighted by molar-refractivity contribution is 0.415. The van der Waals surface area contributed by atoms with Crippen LogP contribution < -0.4 is 15.8 Å². The standard InChI is InChI=1S/C17H18N6O/c1-24-16-4-2-3-14(9-16)22-17(18)20-10-13-5-7-15(8-6-13)23-12-19-11-21-23/h2-9,11-12H,10H2,1H3,(H3,18,20,22). The number of ether oxygens (including phenoxy) is 1. The Bertz CT molecular complexity index is 811. The highest BCUT2D eigenvalue weighted by molar-refractivity contribution is 5.92. The lowest BCUT2D eigenvalue weighted by Gasteiger charge is -2.07. The monoisotopic (exact) mass is 322 g/mol. The number of hydrogen-bond acceptors (Lipinski definition) is 4. The molecular formula is C17H18N6O. The summed E-state index contributed by atoms with van der Waals surface area (Å²) < 4.78 is 6.88. The van der Waals surface area contributed by atoms with E-state index in [1.54, 1.807) is 18.1 Å². The van der Waals surface area contributed by atoms with Gasteiger partial charge < -0.3 is 15.8 Å². The molecule has 3 aromatic rings. The molecule has 122 valence electrons. The number of aliphatic imine (C=N–C) groups is 1. The largest absolute Gasteiger partial charge is 0.497 e. The Balaban J connectivity index is 1.62. The number of nitrogens with zero attached hydrogens (tertiary/aromatic N) is 4. The summed E-state index contributed by atoms with van der Waals surface area (Å²) in [6.07, 6.45) is 3.16. The summed E-state index contributed by atoms with van der Waals surface area (Å²) >= 11 is 0. The third-order valence-electron chi connectivity index (χ3n) is 3.39. The Morgan fingerprint density at radius 1 is 1.25 bits per heavy atom. The molecule has 1 aromatic heterocycles. The minimum absolute atomic E-state index is 0.351. The van der Waals surface area contributed by atoms with Crippen molar-refractivity contribution in [3.63, 3.8) is 0 Å².